The molecule has 1 heterocycles. The van der Waals surface area contributed by atoms with E-state index >= 15 is 0 Å². The molecule has 4 nitrogen and oxygen atoms in total. The summed E-state index contributed by atoms with van der Waals surface area (Å²) in [5, 5.41) is 0. The molecule has 0 saturated carbocycles. The number of nitrogens with zero attached hydrogens (tertiary/aromatic N) is 2. The molecule has 1 aromatic heterocycles. The summed E-state index contributed by atoms with van der Waals surface area (Å²) in [7, 11) is 1.59. The molecule has 0 aromatic carbocycles. The van der Waals surface area contributed by atoms with Crippen molar-refractivity contribution >= 4 is 18.0 Å². The number of pyridine rings is 1. The lowest BCUT2D eigenvalue weighted by Crippen LogP contribution is -2.26. The minimum Gasteiger partial charge on any atom is -0.303 e. The number of carbonyl (C=O) groups excluding carboxylic acids is 2. The predicted molar refractivity (Wildman–Crippen MR) is 48.3 cm³/mol. The minimum absolute atomic E-state index is 0.104. The van der Waals surface area contributed by atoms with Crippen molar-refractivity contribution in [3.05, 3.63) is 24.4 Å². The van der Waals surface area contributed by atoms with Crippen molar-refractivity contribution < 1.29 is 9.59 Å². The number of carbonyl (C=O) groups is 2. The van der Waals surface area contributed by atoms with Crippen LogP contribution in [0.1, 0.15) is 6.42 Å². The summed E-state index contributed by atoms with van der Waals surface area (Å²) in [5.74, 6) is 0.294. The number of rotatable bonds is 3. The van der Waals surface area contributed by atoms with Crippen molar-refractivity contribution in [2.45, 2.75) is 6.42 Å². The first kappa shape index (κ1) is 9.38. The van der Waals surface area contributed by atoms with E-state index in [2.05, 4.69) is 4.98 Å². The molecule has 13 heavy (non-hydrogen) atoms. The molecular formula is C9H10N2O2. The summed E-state index contributed by atoms with van der Waals surface area (Å²) in [5.41, 5.74) is 0. The highest BCUT2D eigenvalue weighted by Gasteiger charge is 2.09. The van der Waals surface area contributed by atoms with Crippen LogP contribution >= 0.6 is 0 Å². The smallest absolute Gasteiger partial charge is 0.235 e. The average Bonchev–Trinajstić information content (AvgIpc) is 2.18. The normalized spacial score (nSPS) is 9.31. The number of aromatic nitrogens is 1. The zero-order valence-corrected chi connectivity index (χ0v) is 7.30. The van der Waals surface area contributed by atoms with Gasteiger partial charge >= 0.3 is 0 Å². The van der Waals surface area contributed by atoms with Gasteiger partial charge in [0.1, 0.15) is 12.1 Å². The summed E-state index contributed by atoms with van der Waals surface area (Å²) < 4.78 is 0. The molecule has 0 unspecified atom stereocenters. The highest BCUT2D eigenvalue weighted by Crippen LogP contribution is 2.06. The maximum Gasteiger partial charge on any atom is 0.235 e. The van der Waals surface area contributed by atoms with E-state index in [1.807, 2.05) is 0 Å². The summed E-state index contributed by atoms with van der Waals surface area (Å²) in [6.07, 6.45) is 2.08. The molecule has 0 atom stereocenters. The van der Waals surface area contributed by atoms with Crippen LogP contribution in [0.25, 0.3) is 0 Å². The maximum absolute atomic E-state index is 11.2. The summed E-state index contributed by atoms with van der Waals surface area (Å²) in [4.78, 5) is 26.6. The third-order valence-electron chi connectivity index (χ3n) is 1.62. The van der Waals surface area contributed by atoms with Crippen molar-refractivity contribution in [3.63, 3.8) is 0 Å². The van der Waals surface area contributed by atoms with Crippen LogP contribution < -0.4 is 4.90 Å². The van der Waals surface area contributed by atoms with Crippen LogP contribution in [0, 0.1) is 0 Å². The molecule has 1 aromatic rings. The standard InChI is InChI=1S/C9H10N2O2/c1-11(9(13)5-7-12)8-4-2-3-6-10-8/h2-4,6-7H,5H2,1H3. The predicted octanol–water partition coefficient (Wildman–Crippen LogP) is 0.633. The molecule has 0 aliphatic heterocycles. The van der Waals surface area contributed by atoms with E-state index in [1.54, 1.807) is 31.4 Å². The summed E-state index contributed by atoms with van der Waals surface area (Å²) in [6, 6.07) is 5.26. The van der Waals surface area contributed by atoms with Gasteiger partial charge in [-0.3, -0.25) is 9.69 Å². The van der Waals surface area contributed by atoms with Gasteiger partial charge < -0.3 is 4.79 Å². The number of amides is 1. The van der Waals surface area contributed by atoms with Crippen LogP contribution in [0.5, 0.6) is 0 Å². The second-order valence-corrected chi connectivity index (χ2v) is 2.51. The Morgan fingerprint density at radius 2 is 2.38 bits per heavy atom. The fraction of sp³-hybridized carbons (Fsp3) is 0.222. The molecule has 68 valence electrons. The lowest BCUT2D eigenvalue weighted by molar-refractivity contribution is -0.121. The van der Waals surface area contributed by atoms with Crippen molar-refractivity contribution in [3.8, 4) is 0 Å². The van der Waals surface area contributed by atoms with E-state index in [-0.39, 0.29) is 12.3 Å². The third-order valence-corrected chi connectivity index (χ3v) is 1.62. The van der Waals surface area contributed by atoms with E-state index in [0.29, 0.717) is 12.1 Å². The van der Waals surface area contributed by atoms with Crippen LogP contribution in [0.15, 0.2) is 24.4 Å². The van der Waals surface area contributed by atoms with E-state index in [9.17, 15) is 9.59 Å². The SMILES string of the molecule is CN(C(=O)CC=O)c1ccccn1. The Morgan fingerprint density at radius 3 is 2.92 bits per heavy atom. The van der Waals surface area contributed by atoms with Crippen molar-refractivity contribution in [1.29, 1.82) is 0 Å². The molecule has 4 heteroatoms. The van der Waals surface area contributed by atoms with Crippen LogP contribution in [-0.4, -0.2) is 24.2 Å². The van der Waals surface area contributed by atoms with E-state index < -0.39 is 0 Å². The zero-order valence-electron chi connectivity index (χ0n) is 7.30. The van der Waals surface area contributed by atoms with Gasteiger partial charge in [-0.25, -0.2) is 4.98 Å². The molecule has 1 rings (SSSR count). The maximum atomic E-state index is 11.2. The van der Waals surface area contributed by atoms with Gasteiger partial charge in [0.2, 0.25) is 5.91 Å². The Hall–Kier alpha value is -1.71. The monoisotopic (exact) mass is 178 g/mol. The quantitative estimate of drug-likeness (QED) is 0.504. The van der Waals surface area contributed by atoms with Crippen LogP contribution in [0.2, 0.25) is 0 Å². The molecule has 1 amide bonds. The second-order valence-electron chi connectivity index (χ2n) is 2.51. The molecular weight excluding hydrogens is 168 g/mol. The molecule has 0 saturated heterocycles. The largest absolute Gasteiger partial charge is 0.303 e. The molecule has 0 aliphatic rings. The van der Waals surface area contributed by atoms with Gasteiger partial charge in [0.15, 0.2) is 0 Å². The molecule has 0 aliphatic carbocycles. The lowest BCUT2D eigenvalue weighted by atomic mass is 10.4. The van der Waals surface area contributed by atoms with Gasteiger partial charge in [0.25, 0.3) is 0 Å². The van der Waals surface area contributed by atoms with E-state index in [0.717, 1.165) is 0 Å². The Kier molecular flexibility index (Phi) is 3.14. The fourth-order valence-electron chi connectivity index (χ4n) is 0.888. The highest BCUT2D eigenvalue weighted by atomic mass is 16.2. The first-order valence-electron chi connectivity index (χ1n) is 3.87. The third kappa shape index (κ3) is 2.37. The number of anilines is 1. The second kappa shape index (κ2) is 4.35. The van der Waals surface area contributed by atoms with Gasteiger partial charge in [-0.1, -0.05) is 6.07 Å². The van der Waals surface area contributed by atoms with Gasteiger partial charge in [0, 0.05) is 13.2 Å². The Morgan fingerprint density at radius 1 is 1.62 bits per heavy atom. The zero-order chi connectivity index (χ0) is 9.68. The Balaban J connectivity index is 2.73. The molecule has 0 bridgehead atoms. The lowest BCUT2D eigenvalue weighted by Gasteiger charge is -2.13. The summed E-state index contributed by atoms with van der Waals surface area (Å²) in [6.45, 7) is 0. The molecule has 0 radical (unpaired) electrons. The first-order chi connectivity index (χ1) is 6.25. The van der Waals surface area contributed by atoms with Crippen LogP contribution in [0.4, 0.5) is 5.82 Å². The van der Waals surface area contributed by atoms with Crippen LogP contribution in [-0.2, 0) is 9.59 Å². The number of hydrogen-bond donors (Lipinski definition) is 0. The number of hydrogen-bond acceptors (Lipinski definition) is 3. The van der Waals surface area contributed by atoms with Crippen molar-refractivity contribution in [2.75, 3.05) is 11.9 Å². The van der Waals surface area contributed by atoms with Gasteiger partial charge in [-0.2, -0.15) is 0 Å². The summed E-state index contributed by atoms with van der Waals surface area (Å²) >= 11 is 0. The van der Waals surface area contributed by atoms with Gasteiger partial charge in [-0.15, -0.1) is 0 Å². The molecule has 0 fully saturated rings. The van der Waals surface area contributed by atoms with E-state index in [1.165, 1.54) is 4.90 Å². The van der Waals surface area contributed by atoms with Crippen molar-refractivity contribution in [1.82, 2.24) is 4.98 Å². The average molecular weight is 178 g/mol. The van der Waals surface area contributed by atoms with Crippen LogP contribution in [0.3, 0.4) is 0 Å². The first-order valence-corrected chi connectivity index (χ1v) is 3.87. The number of aldehydes is 1. The minimum atomic E-state index is -0.256. The molecule has 0 N–H and O–H groups in total. The molecule has 0 spiro atoms. The van der Waals surface area contributed by atoms with Gasteiger partial charge in [0.05, 0.1) is 6.42 Å². The highest BCUT2D eigenvalue weighted by molar-refractivity contribution is 5.98. The Bertz CT molecular complexity index is 298. The topological polar surface area (TPSA) is 50.3 Å². The fourth-order valence-corrected chi connectivity index (χ4v) is 0.888. The van der Waals surface area contributed by atoms with Crippen molar-refractivity contribution in [2.24, 2.45) is 0 Å². The van der Waals surface area contributed by atoms with Gasteiger partial charge in [-0.05, 0) is 12.1 Å². The van der Waals surface area contributed by atoms with E-state index in [4.69, 9.17) is 0 Å². The Labute approximate surface area is 76.2 Å².